The molecule has 142 valence electrons. The van der Waals surface area contributed by atoms with Crippen molar-refractivity contribution in [3.63, 3.8) is 0 Å². The fraction of sp³-hybridized carbons (Fsp3) is 0.100. The van der Waals surface area contributed by atoms with Gasteiger partial charge in [-0.3, -0.25) is 14.9 Å². The topological polar surface area (TPSA) is 104 Å². The van der Waals surface area contributed by atoms with Crippen LogP contribution in [0, 0.1) is 17.0 Å². The maximum atomic E-state index is 12.2. The van der Waals surface area contributed by atoms with Crippen molar-refractivity contribution in [1.82, 2.24) is 4.98 Å². The van der Waals surface area contributed by atoms with Crippen LogP contribution >= 0.6 is 0 Å². The standard InChI is InChI=1S/C20H17N3O5/c1-13-3-9-17(18(11-13)27-2)28-19-10-6-15(12-21-19)22-20(24)14-4-7-16(8-5-14)23(25)26/h3-12H,1-2H3,(H,22,24). The number of amides is 1. The summed E-state index contributed by atoms with van der Waals surface area (Å²) in [6, 6.07) is 14.1. The summed E-state index contributed by atoms with van der Waals surface area (Å²) in [5.74, 6) is 1.07. The van der Waals surface area contributed by atoms with Crippen LogP contribution in [0.4, 0.5) is 11.4 Å². The molecule has 1 aromatic heterocycles. The van der Waals surface area contributed by atoms with Gasteiger partial charge >= 0.3 is 0 Å². The molecule has 28 heavy (non-hydrogen) atoms. The lowest BCUT2D eigenvalue weighted by Crippen LogP contribution is -2.12. The minimum atomic E-state index is -0.520. The number of anilines is 1. The molecule has 8 heteroatoms. The highest BCUT2D eigenvalue weighted by atomic mass is 16.6. The normalized spacial score (nSPS) is 10.2. The first kappa shape index (κ1) is 18.8. The van der Waals surface area contributed by atoms with Gasteiger partial charge in [0.15, 0.2) is 11.5 Å². The predicted molar refractivity (Wildman–Crippen MR) is 103 cm³/mol. The lowest BCUT2D eigenvalue weighted by atomic mass is 10.2. The first-order chi connectivity index (χ1) is 13.5. The van der Waals surface area contributed by atoms with Gasteiger partial charge in [-0.2, -0.15) is 0 Å². The first-order valence-electron chi connectivity index (χ1n) is 8.30. The number of aryl methyl sites for hydroxylation is 1. The second kappa shape index (κ2) is 8.17. The highest BCUT2D eigenvalue weighted by molar-refractivity contribution is 6.04. The Morgan fingerprint density at radius 1 is 1.07 bits per heavy atom. The van der Waals surface area contributed by atoms with Crippen LogP contribution in [0.25, 0.3) is 0 Å². The Labute approximate surface area is 160 Å². The van der Waals surface area contributed by atoms with E-state index < -0.39 is 10.8 Å². The number of carbonyl (C=O) groups excluding carboxylic acids is 1. The number of non-ortho nitro benzene ring substituents is 1. The molecule has 1 heterocycles. The maximum Gasteiger partial charge on any atom is 0.269 e. The van der Waals surface area contributed by atoms with Gasteiger partial charge in [0.05, 0.1) is 23.9 Å². The third-order valence-corrected chi connectivity index (χ3v) is 3.87. The number of benzene rings is 2. The minimum Gasteiger partial charge on any atom is -0.493 e. The summed E-state index contributed by atoms with van der Waals surface area (Å²) in [4.78, 5) is 26.6. The van der Waals surface area contributed by atoms with E-state index in [4.69, 9.17) is 9.47 Å². The Balaban J connectivity index is 1.67. The van der Waals surface area contributed by atoms with Crippen molar-refractivity contribution in [3.05, 3.63) is 82.0 Å². The molecule has 3 aromatic rings. The Hall–Kier alpha value is -3.94. The summed E-state index contributed by atoms with van der Waals surface area (Å²) in [6.07, 6.45) is 1.46. The number of pyridine rings is 1. The van der Waals surface area contributed by atoms with Crippen LogP contribution in [0.1, 0.15) is 15.9 Å². The average molecular weight is 379 g/mol. The third-order valence-electron chi connectivity index (χ3n) is 3.87. The molecule has 3 rings (SSSR count). The van der Waals surface area contributed by atoms with Gasteiger partial charge in [0.1, 0.15) is 0 Å². The Kier molecular flexibility index (Phi) is 5.50. The number of nitro groups is 1. The Bertz CT molecular complexity index is 1000. The largest absolute Gasteiger partial charge is 0.493 e. The van der Waals surface area contributed by atoms with Crippen LogP contribution in [0.5, 0.6) is 17.4 Å². The molecule has 0 saturated carbocycles. The number of carbonyl (C=O) groups is 1. The van der Waals surface area contributed by atoms with Crippen LogP contribution in [0.15, 0.2) is 60.8 Å². The lowest BCUT2D eigenvalue weighted by molar-refractivity contribution is -0.384. The second-order valence-corrected chi connectivity index (χ2v) is 5.90. The van der Waals surface area contributed by atoms with Gasteiger partial charge in [-0.15, -0.1) is 0 Å². The number of rotatable bonds is 6. The van der Waals surface area contributed by atoms with Crippen LogP contribution in [-0.2, 0) is 0 Å². The van der Waals surface area contributed by atoms with Crippen LogP contribution < -0.4 is 14.8 Å². The van der Waals surface area contributed by atoms with Crippen molar-refractivity contribution in [3.8, 4) is 17.4 Å². The number of nitrogens with zero attached hydrogens (tertiary/aromatic N) is 2. The van der Waals surface area contributed by atoms with Crippen molar-refractivity contribution in [2.24, 2.45) is 0 Å². The van der Waals surface area contributed by atoms with E-state index in [0.29, 0.717) is 28.6 Å². The van der Waals surface area contributed by atoms with Crippen molar-refractivity contribution in [1.29, 1.82) is 0 Å². The van der Waals surface area contributed by atoms with Gasteiger partial charge in [-0.25, -0.2) is 4.98 Å². The van der Waals surface area contributed by atoms with Crippen LogP contribution in [0.2, 0.25) is 0 Å². The first-order valence-corrected chi connectivity index (χ1v) is 8.30. The fourth-order valence-corrected chi connectivity index (χ4v) is 2.42. The number of ether oxygens (including phenoxy) is 2. The SMILES string of the molecule is COc1cc(C)ccc1Oc1ccc(NC(=O)c2ccc([N+](=O)[O-])cc2)cn1. The Morgan fingerprint density at radius 2 is 1.82 bits per heavy atom. The smallest absolute Gasteiger partial charge is 0.269 e. The number of nitro benzene ring substituents is 1. The summed E-state index contributed by atoms with van der Waals surface area (Å²) in [7, 11) is 1.56. The fourth-order valence-electron chi connectivity index (χ4n) is 2.42. The monoisotopic (exact) mass is 379 g/mol. The molecule has 1 amide bonds. The summed E-state index contributed by atoms with van der Waals surface area (Å²) < 4.78 is 11.0. The van der Waals surface area contributed by atoms with E-state index in [-0.39, 0.29) is 5.69 Å². The highest BCUT2D eigenvalue weighted by Gasteiger charge is 2.11. The number of nitrogens with one attached hydrogen (secondary N) is 1. The molecular formula is C20H17N3O5. The minimum absolute atomic E-state index is 0.0775. The highest BCUT2D eigenvalue weighted by Crippen LogP contribution is 2.31. The van der Waals surface area contributed by atoms with Gasteiger partial charge in [0.2, 0.25) is 5.88 Å². The zero-order valence-electron chi connectivity index (χ0n) is 15.2. The van der Waals surface area contributed by atoms with E-state index in [1.807, 2.05) is 19.1 Å². The van der Waals surface area contributed by atoms with Gasteiger partial charge in [-0.1, -0.05) is 6.07 Å². The summed E-state index contributed by atoms with van der Waals surface area (Å²) in [5.41, 5.74) is 1.73. The Morgan fingerprint density at radius 3 is 2.43 bits per heavy atom. The summed E-state index contributed by atoms with van der Waals surface area (Å²) in [5, 5.41) is 13.3. The molecule has 0 fully saturated rings. The van der Waals surface area contributed by atoms with E-state index in [9.17, 15) is 14.9 Å². The molecule has 1 N–H and O–H groups in total. The van der Waals surface area contributed by atoms with E-state index in [0.717, 1.165) is 5.56 Å². The zero-order valence-corrected chi connectivity index (χ0v) is 15.2. The number of hydrogen-bond acceptors (Lipinski definition) is 6. The average Bonchev–Trinajstić information content (AvgIpc) is 2.70. The molecular weight excluding hydrogens is 362 g/mol. The van der Waals surface area contributed by atoms with Gasteiger partial charge in [0.25, 0.3) is 11.6 Å². The van der Waals surface area contributed by atoms with Crippen molar-refractivity contribution >= 4 is 17.3 Å². The second-order valence-electron chi connectivity index (χ2n) is 5.90. The molecule has 0 aliphatic carbocycles. The molecule has 2 aromatic carbocycles. The molecule has 0 spiro atoms. The number of aromatic nitrogens is 1. The van der Waals surface area contributed by atoms with E-state index in [1.165, 1.54) is 30.5 Å². The molecule has 8 nitrogen and oxygen atoms in total. The summed E-state index contributed by atoms with van der Waals surface area (Å²) in [6.45, 7) is 1.95. The molecule has 0 saturated heterocycles. The molecule has 0 bridgehead atoms. The van der Waals surface area contributed by atoms with Gasteiger partial charge in [0, 0.05) is 23.8 Å². The van der Waals surface area contributed by atoms with Crippen LogP contribution in [0.3, 0.4) is 0 Å². The molecule has 0 atom stereocenters. The van der Waals surface area contributed by atoms with Crippen LogP contribution in [-0.4, -0.2) is 22.9 Å². The van der Waals surface area contributed by atoms with E-state index >= 15 is 0 Å². The quantitative estimate of drug-likeness (QED) is 0.504. The zero-order chi connectivity index (χ0) is 20.1. The maximum absolute atomic E-state index is 12.2. The van der Waals surface area contributed by atoms with E-state index in [2.05, 4.69) is 10.3 Å². The number of hydrogen-bond donors (Lipinski definition) is 1. The lowest BCUT2D eigenvalue weighted by Gasteiger charge is -2.11. The van der Waals surface area contributed by atoms with Gasteiger partial charge < -0.3 is 14.8 Å². The van der Waals surface area contributed by atoms with E-state index in [1.54, 1.807) is 25.3 Å². The van der Waals surface area contributed by atoms with Crippen molar-refractivity contribution in [2.45, 2.75) is 6.92 Å². The molecule has 0 radical (unpaired) electrons. The van der Waals surface area contributed by atoms with Gasteiger partial charge in [-0.05, 0) is 42.8 Å². The number of methoxy groups -OCH3 is 1. The van der Waals surface area contributed by atoms with Crippen molar-refractivity contribution in [2.75, 3.05) is 12.4 Å². The molecule has 0 unspecified atom stereocenters. The molecule has 0 aliphatic rings. The molecule has 0 aliphatic heterocycles. The predicted octanol–water partition coefficient (Wildman–Crippen LogP) is 4.35. The summed E-state index contributed by atoms with van der Waals surface area (Å²) >= 11 is 0. The van der Waals surface area contributed by atoms with Crippen molar-refractivity contribution < 1.29 is 19.2 Å². The third kappa shape index (κ3) is 4.42.